The third kappa shape index (κ3) is 11.3. The molecule has 0 aliphatic carbocycles. The number of rotatable bonds is 12. The summed E-state index contributed by atoms with van der Waals surface area (Å²) >= 11 is 0. The summed E-state index contributed by atoms with van der Waals surface area (Å²) in [4.78, 5) is 61.2. The number of nitrogens with one attached hydrogen (secondary N) is 2. The van der Waals surface area contributed by atoms with Crippen LogP contribution in [-0.4, -0.2) is 115 Å². The first kappa shape index (κ1) is 40.2. The Morgan fingerprint density at radius 3 is 2.11 bits per heavy atom. The van der Waals surface area contributed by atoms with E-state index in [0.29, 0.717) is 84.0 Å². The number of urea groups is 1. The Bertz CT molecular complexity index is 1730. The molecule has 3 aromatic rings. The van der Waals surface area contributed by atoms with Crippen LogP contribution >= 0.6 is 0 Å². The van der Waals surface area contributed by atoms with Gasteiger partial charge in [0.05, 0.1) is 13.2 Å². The number of nitrogens with two attached hydrogens (primary N) is 2. The number of nitrogen functional groups attached to an aromatic ring is 1. The van der Waals surface area contributed by atoms with Crippen molar-refractivity contribution in [1.82, 2.24) is 30.3 Å². The van der Waals surface area contributed by atoms with Crippen LogP contribution in [0.3, 0.4) is 0 Å². The van der Waals surface area contributed by atoms with Crippen molar-refractivity contribution in [2.75, 3.05) is 58.2 Å². The Balaban J connectivity index is 0.969. The van der Waals surface area contributed by atoms with Crippen molar-refractivity contribution < 1.29 is 38.1 Å². The lowest BCUT2D eigenvalue weighted by Crippen LogP contribution is -2.55. The number of carbonyl (C=O) groups excluding carboxylic acids is 4. The van der Waals surface area contributed by atoms with Gasteiger partial charge >= 0.3 is 18.2 Å². The molecule has 3 saturated heterocycles. The molecule has 0 unspecified atom stereocenters. The van der Waals surface area contributed by atoms with Crippen LogP contribution in [0.2, 0.25) is 0 Å². The van der Waals surface area contributed by atoms with E-state index in [1.165, 1.54) is 0 Å². The summed E-state index contributed by atoms with van der Waals surface area (Å²) in [6.45, 7) is 3.70. The van der Waals surface area contributed by atoms with Gasteiger partial charge in [0, 0.05) is 77.4 Å². The smallest absolute Gasteiger partial charge is 0.410 e. The van der Waals surface area contributed by atoms with Gasteiger partial charge in [-0.05, 0) is 41.2 Å². The van der Waals surface area contributed by atoms with Crippen molar-refractivity contribution in [1.29, 1.82) is 0 Å². The van der Waals surface area contributed by atoms with E-state index in [1.807, 2.05) is 60.7 Å². The van der Waals surface area contributed by atoms with E-state index in [9.17, 15) is 19.2 Å². The van der Waals surface area contributed by atoms with Crippen LogP contribution in [0.25, 0.3) is 0 Å². The van der Waals surface area contributed by atoms with Crippen LogP contribution in [0.1, 0.15) is 41.5 Å². The fourth-order valence-electron chi connectivity index (χ4n) is 6.91. The third-order valence-corrected chi connectivity index (χ3v) is 10.3. The molecule has 3 atom stereocenters. The number of hydrogen-bond acceptors (Lipinski definition) is 11. The Labute approximate surface area is 326 Å². The highest BCUT2D eigenvalue weighted by atomic mass is 16.6. The molecular weight excluding hydrogens is 720 g/mol. The van der Waals surface area contributed by atoms with E-state index in [1.54, 1.807) is 27.0 Å². The molecule has 3 aliphatic heterocycles. The number of amides is 5. The number of carbonyl (C=O) groups is 4. The van der Waals surface area contributed by atoms with Crippen LogP contribution in [0.4, 0.5) is 20.2 Å². The zero-order valence-electron chi connectivity index (χ0n) is 31.6. The third-order valence-electron chi connectivity index (χ3n) is 10.3. The van der Waals surface area contributed by atoms with Gasteiger partial charge in [0.2, 0.25) is 5.91 Å². The summed E-state index contributed by atoms with van der Waals surface area (Å²) < 4.78 is 24.2. The van der Waals surface area contributed by atoms with Gasteiger partial charge in [-0.1, -0.05) is 60.7 Å². The van der Waals surface area contributed by atoms with Gasteiger partial charge in [-0.2, -0.15) is 0 Å². The Morgan fingerprint density at radius 1 is 0.750 bits per heavy atom. The van der Waals surface area contributed by atoms with Gasteiger partial charge < -0.3 is 55.7 Å². The Morgan fingerprint density at radius 2 is 1.41 bits per heavy atom. The summed E-state index contributed by atoms with van der Waals surface area (Å²) in [6, 6.07) is 20.7. The van der Waals surface area contributed by atoms with Gasteiger partial charge in [0.25, 0.3) is 0 Å². The normalized spacial score (nSPS) is 20.2. The van der Waals surface area contributed by atoms with Gasteiger partial charge in [-0.25, -0.2) is 19.4 Å². The van der Waals surface area contributed by atoms with E-state index in [0.717, 1.165) is 22.3 Å². The summed E-state index contributed by atoms with van der Waals surface area (Å²) in [5.41, 5.74) is 15.1. The van der Waals surface area contributed by atoms with Gasteiger partial charge in [0.1, 0.15) is 30.7 Å². The number of piperidine rings is 1. The SMILES string of the molecule is NCc1ccc(CNC(=O)N2CCN(C(=O)O[C@@H]3CCO[C@H](COC(=O)N4CCC(C(=O)NCc5ccc(N)nc5)CC4)[C@H]3OCc3ccccc3)CC2)cc1. The van der Waals surface area contributed by atoms with E-state index >= 15 is 0 Å². The summed E-state index contributed by atoms with van der Waals surface area (Å²) in [6.07, 6.45) is -0.0279. The monoisotopic (exact) mass is 772 g/mol. The van der Waals surface area contributed by atoms with E-state index in [4.69, 9.17) is 30.4 Å². The van der Waals surface area contributed by atoms with Crippen LogP contribution in [0.15, 0.2) is 72.9 Å². The predicted octanol–water partition coefficient (Wildman–Crippen LogP) is 2.99. The highest BCUT2D eigenvalue weighted by molar-refractivity contribution is 5.79. The number of benzene rings is 2. The van der Waals surface area contributed by atoms with Crippen molar-refractivity contribution in [2.45, 2.75) is 63.8 Å². The zero-order valence-corrected chi connectivity index (χ0v) is 31.6. The number of nitrogens with zero attached hydrogens (tertiary/aromatic N) is 4. The van der Waals surface area contributed by atoms with Gasteiger partial charge in [-0.15, -0.1) is 0 Å². The summed E-state index contributed by atoms with van der Waals surface area (Å²) in [5.74, 6) is 0.123. The van der Waals surface area contributed by atoms with Crippen molar-refractivity contribution in [2.24, 2.45) is 11.7 Å². The number of hydrogen-bond donors (Lipinski definition) is 4. The van der Waals surface area contributed by atoms with Crippen LogP contribution in [0, 0.1) is 5.92 Å². The standard InChI is InChI=1S/C40H52N8O8/c41-22-28-6-8-29(9-7-28)23-45-38(50)46-17-19-48(20-18-46)40(52)56-33-14-21-53-34(36(33)54-26-30-4-2-1-3-5-30)27-55-39(51)47-15-12-32(13-16-47)37(49)44-25-31-10-11-35(42)43-24-31/h1-11,24,32-34,36H,12-23,25-27,41H2,(H2,42,43)(H,44,49)(H,45,50)/t33-,34-,36+/m1/s1. The molecule has 4 heterocycles. The predicted molar refractivity (Wildman–Crippen MR) is 206 cm³/mol. The number of aromatic nitrogens is 1. The fourth-order valence-corrected chi connectivity index (χ4v) is 6.91. The molecule has 0 bridgehead atoms. The maximum absolute atomic E-state index is 13.5. The van der Waals surface area contributed by atoms with E-state index < -0.39 is 30.5 Å². The fraction of sp³-hybridized carbons (Fsp3) is 0.475. The largest absolute Gasteiger partial charge is 0.447 e. The maximum Gasteiger partial charge on any atom is 0.410 e. The van der Waals surface area contributed by atoms with Crippen LogP contribution in [0.5, 0.6) is 0 Å². The second kappa shape index (κ2) is 19.9. The molecule has 3 fully saturated rings. The molecule has 1 aromatic heterocycles. The molecule has 0 radical (unpaired) electrons. The second-order valence-electron chi connectivity index (χ2n) is 14.2. The lowest BCUT2D eigenvalue weighted by Gasteiger charge is -2.39. The minimum Gasteiger partial charge on any atom is -0.447 e. The lowest BCUT2D eigenvalue weighted by molar-refractivity contribution is -0.178. The van der Waals surface area contributed by atoms with Crippen molar-refractivity contribution in [3.63, 3.8) is 0 Å². The molecule has 16 heteroatoms. The van der Waals surface area contributed by atoms with Gasteiger partial charge in [0.15, 0.2) is 0 Å². The molecule has 56 heavy (non-hydrogen) atoms. The highest BCUT2D eigenvalue weighted by Gasteiger charge is 2.40. The minimum absolute atomic E-state index is 0.0714. The number of likely N-dealkylation sites (tertiary alicyclic amines) is 1. The van der Waals surface area contributed by atoms with Crippen LogP contribution < -0.4 is 22.1 Å². The first-order valence-electron chi connectivity index (χ1n) is 19.2. The van der Waals surface area contributed by atoms with Crippen molar-refractivity contribution in [3.05, 3.63) is 95.2 Å². The maximum atomic E-state index is 13.5. The van der Waals surface area contributed by atoms with E-state index in [-0.39, 0.29) is 37.7 Å². The average Bonchev–Trinajstić information content (AvgIpc) is 3.24. The quantitative estimate of drug-likeness (QED) is 0.211. The zero-order chi connectivity index (χ0) is 39.3. The molecule has 0 saturated carbocycles. The van der Waals surface area contributed by atoms with E-state index in [2.05, 4.69) is 15.6 Å². The second-order valence-corrected chi connectivity index (χ2v) is 14.2. The molecule has 3 aliphatic rings. The average molecular weight is 773 g/mol. The Kier molecular flexibility index (Phi) is 14.3. The van der Waals surface area contributed by atoms with Crippen molar-refractivity contribution in [3.8, 4) is 0 Å². The highest BCUT2D eigenvalue weighted by Crippen LogP contribution is 2.25. The molecule has 2 aromatic carbocycles. The first-order valence-corrected chi connectivity index (χ1v) is 19.2. The molecule has 0 spiro atoms. The van der Waals surface area contributed by atoms with Crippen molar-refractivity contribution >= 4 is 29.9 Å². The molecule has 6 N–H and O–H groups in total. The molecule has 300 valence electrons. The molecule has 16 nitrogen and oxygen atoms in total. The summed E-state index contributed by atoms with van der Waals surface area (Å²) in [5, 5.41) is 5.88. The number of ether oxygens (including phenoxy) is 4. The van der Waals surface area contributed by atoms with Gasteiger partial charge in [-0.3, -0.25) is 4.79 Å². The molecule has 5 amide bonds. The molecular formula is C40H52N8O8. The lowest BCUT2D eigenvalue weighted by atomic mass is 9.96. The van der Waals surface area contributed by atoms with Crippen LogP contribution in [-0.2, 0) is 50.0 Å². The minimum atomic E-state index is -0.711. The number of anilines is 1. The number of pyridine rings is 1. The summed E-state index contributed by atoms with van der Waals surface area (Å²) in [7, 11) is 0. The first-order chi connectivity index (χ1) is 27.2. The Hall–Kier alpha value is -5.45. The molecule has 6 rings (SSSR count). The number of piperazine rings is 1. The topological polar surface area (TPSA) is 204 Å².